The summed E-state index contributed by atoms with van der Waals surface area (Å²) >= 11 is 5.49. The molecule has 1 aliphatic heterocycles. The number of fused-ring (bicyclic) bond motifs is 2. The minimum atomic E-state index is -0.204. The van der Waals surface area contributed by atoms with Gasteiger partial charge in [0, 0.05) is 52.3 Å². The zero-order valence-corrected chi connectivity index (χ0v) is 26.3. The Morgan fingerprint density at radius 1 is 0.565 bits per heavy atom. The highest BCUT2D eigenvalue weighted by atomic mass is 32.1. The van der Waals surface area contributed by atoms with Crippen LogP contribution in [0.5, 0.6) is 0 Å². The number of nitrogens with zero attached hydrogens (tertiary/aromatic N) is 1. The van der Waals surface area contributed by atoms with E-state index in [0.29, 0.717) is 118 Å². The van der Waals surface area contributed by atoms with Gasteiger partial charge in [0.05, 0.1) is 66.1 Å². The quantitative estimate of drug-likeness (QED) is 0.316. The molecule has 1 heterocycles. The van der Waals surface area contributed by atoms with Gasteiger partial charge in [-0.25, -0.2) is 0 Å². The molecule has 46 heavy (non-hydrogen) atoms. The van der Waals surface area contributed by atoms with E-state index >= 15 is 0 Å². The molecular weight excluding hydrogens is 610 g/mol. The zero-order valence-electron chi connectivity index (χ0n) is 25.5. The fourth-order valence-corrected chi connectivity index (χ4v) is 5.23. The summed E-state index contributed by atoms with van der Waals surface area (Å²) in [6.07, 6.45) is 0. The van der Waals surface area contributed by atoms with Crippen molar-refractivity contribution in [3.05, 3.63) is 94.5 Å². The molecule has 1 saturated heterocycles. The third kappa shape index (κ3) is 9.03. The normalized spacial score (nSPS) is 17.2. The summed E-state index contributed by atoms with van der Waals surface area (Å²) in [7, 11) is 0. The van der Waals surface area contributed by atoms with Crippen molar-refractivity contribution in [2.24, 2.45) is 0 Å². The van der Waals surface area contributed by atoms with Crippen molar-refractivity contribution in [1.29, 1.82) is 0 Å². The minimum absolute atomic E-state index is 0.145. The van der Waals surface area contributed by atoms with Gasteiger partial charge in [-0.1, -0.05) is 24.3 Å². The number of thiocarbonyl (C=S) groups is 1. The van der Waals surface area contributed by atoms with Crippen molar-refractivity contribution in [2.45, 2.75) is 0 Å². The Kier molecular flexibility index (Phi) is 12.3. The maximum absolute atomic E-state index is 13.4. The lowest BCUT2D eigenvalue weighted by atomic mass is 9.84. The number of benzene rings is 3. The van der Waals surface area contributed by atoms with Gasteiger partial charge in [-0.15, -0.1) is 0 Å². The lowest BCUT2D eigenvalue weighted by Gasteiger charge is -2.23. The topological polar surface area (TPSA) is 125 Å². The molecule has 2 N–H and O–H groups in total. The van der Waals surface area contributed by atoms with Crippen LogP contribution < -0.4 is 10.6 Å². The summed E-state index contributed by atoms with van der Waals surface area (Å²) < 4.78 is 27.8. The monoisotopic (exact) mass is 647 g/mol. The molecule has 0 aromatic heterocycles. The first-order valence-electron chi connectivity index (χ1n) is 15.2. The van der Waals surface area contributed by atoms with E-state index in [2.05, 4.69) is 10.6 Å². The van der Waals surface area contributed by atoms with E-state index in [-0.39, 0.29) is 22.6 Å². The second-order valence-electron chi connectivity index (χ2n) is 10.5. The Morgan fingerprint density at radius 3 is 1.54 bits per heavy atom. The van der Waals surface area contributed by atoms with Crippen molar-refractivity contribution in [2.75, 3.05) is 89.8 Å². The standard InChI is InChI=1S/C34H37N3O8S/c38-31-27-3-1-2-4-28(27)32(39)30-23-26(9-10-29(30)31)36-34(46)35-25-7-5-24(6-8-25)33(40)37-11-13-41-15-17-43-19-21-45-22-20-44-18-16-42-14-12-37/h1-10,23H,11-22H2,(H2,35,36,46). The smallest absolute Gasteiger partial charge is 0.254 e. The van der Waals surface area contributed by atoms with Crippen molar-refractivity contribution >= 4 is 46.2 Å². The molecule has 1 fully saturated rings. The highest BCUT2D eigenvalue weighted by Crippen LogP contribution is 2.29. The number of carbonyl (C=O) groups excluding carboxylic acids is 3. The lowest BCUT2D eigenvalue weighted by Crippen LogP contribution is -2.37. The first kappa shape index (κ1) is 33.3. The Balaban J connectivity index is 1.15. The average Bonchev–Trinajstić information content (AvgIpc) is 3.07. The van der Waals surface area contributed by atoms with Gasteiger partial charge in [0.1, 0.15) is 0 Å². The van der Waals surface area contributed by atoms with Crippen LogP contribution in [-0.2, 0) is 23.7 Å². The summed E-state index contributed by atoms with van der Waals surface area (Å²) in [6.45, 7) is 5.21. The van der Waals surface area contributed by atoms with Crippen LogP contribution in [0.25, 0.3) is 0 Å². The van der Waals surface area contributed by atoms with Crippen molar-refractivity contribution in [3.8, 4) is 0 Å². The second-order valence-corrected chi connectivity index (χ2v) is 10.9. The van der Waals surface area contributed by atoms with Gasteiger partial charge >= 0.3 is 0 Å². The summed E-state index contributed by atoms with van der Waals surface area (Å²) in [6, 6.07) is 18.8. The Hall–Kier alpha value is -4.04. The zero-order chi connectivity index (χ0) is 32.1. The molecular formula is C34H37N3O8S. The third-order valence-electron chi connectivity index (χ3n) is 7.36. The number of carbonyl (C=O) groups is 3. The highest BCUT2D eigenvalue weighted by Gasteiger charge is 2.29. The molecule has 5 rings (SSSR count). The van der Waals surface area contributed by atoms with E-state index < -0.39 is 0 Å². The van der Waals surface area contributed by atoms with E-state index in [1.54, 1.807) is 71.6 Å². The molecule has 11 nitrogen and oxygen atoms in total. The second kappa shape index (κ2) is 17.0. The van der Waals surface area contributed by atoms with Gasteiger partial charge < -0.3 is 39.2 Å². The van der Waals surface area contributed by atoms with Crippen LogP contribution in [0.3, 0.4) is 0 Å². The van der Waals surface area contributed by atoms with Crippen LogP contribution in [0.2, 0.25) is 0 Å². The van der Waals surface area contributed by atoms with Crippen molar-refractivity contribution in [3.63, 3.8) is 0 Å². The molecule has 0 unspecified atom stereocenters. The minimum Gasteiger partial charge on any atom is -0.377 e. The number of amides is 1. The lowest BCUT2D eigenvalue weighted by molar-refractivity contribution is -0.0176. The first-order chi connectivity index (χ1) is 22.5. The molecule has 0 atom stereocenters. The molecule has 3 aromatic carbocycles. The summed E-state index contributed by atoms with van der Waals surface area (Å²) in [5, 5.41) is 6.46. The SMILES string of the molecule is O=C1c2ccccc2C(=O)c2cc(NC(=S)Nc3ccc(C(=O)N4CCOCCOCCOCCOCCOCC4)cc3)ccc21. The number of nitrogens with one attached hydrogen (secondary N) is 2. The summed E-state index contributed by atoms with van der Waals surface area (Å²) in [5.41, 5.74) is 3.25. The molecule has 12 heteroatoms. The molecule has 1 aliphatic carbocycles. The van der Waals surface area contributed by atoms with E-state index in [1.807, 2.05) is 0 Å². The van der Waals surface area contributed by atoms with Crippen LogP contribution in [0, 0.1) is 0 Å². The fraction of sp³-hybridized carbons (Fsp3) is 0.353. The van der Waals surface area contributed by atoms with E-state index in [1.165, 1.54) is 0 Å². The van der Waals surface area contributed by atoms with Crippen LogP contribution in [-0.4, -0.2) is 107 Å². The molecule has 2 aliphatic rings. The maximum atomic E-state index is 13.4. The van der Waals surface area contributed by atoms with Crippen LogP contribution >= 0.6 is 12.2 Å². The van der Waals surface area contributed by atoms with Crippen LogP contribution in [0.4, 0.5) is 11.4 Å². The Morgan fingerprint density at radius 2 is 1.00 bits per heavy atom. The number of hydrogen-bond acceptors (Lipinski definition) is 9. The van der Waals surface area contributed by atoms with Gasteiger partial charge in [-0.2, -0.15) is 0 Å². The average molecular weight is 648 g/mol. The molecule has 0 spiro atoms. The Bertz CT molecular complexity index is 1510. The van der Waals surface area contributed by atoms with E-state index in [4.69, 9.17) is 35.9 Å². The van der Waals surface area contributed by atoms with E-state index in [0.717, 1.165) is 0 Å². The van der Waals surface area contributed by atoms with Gasteiger partial charge in [0.25, 0.3) is 5.91 Å². The molecule has 0 radical (unpaired) electrons. The third-order valence-corrected chi connectivity index (χ3v) is 7.56. The predicted octanol–water partition coefficient (Wildman–Crippen LogP) is 3.81. The summed E-state index contributed by atoms with van der Waals surface area (Å²) in [5.74, 6) is -0.528. The summed E-state index contributed by atoms with van der Waals surface area (Å²) in [4.78, 5) is 41.0. The highest BCUT2D eigenvalue weighted by molar-refractivity contribution is 7.80. The first-order valence-corrected chi connectivity index (χ1v) is 15.6. The van der Waals surface area contributed by atoms with Gasteiger partial charge in [0.2, 0.25) is 0 Å². The number of rotatable bonds is 3. The number of anilines is 2. The Labute approximate surface area is 273 Å². The maximum Gasteiger partial charge on any atom is 0.254 e. The fourth-order valence-electron chi connectivity index (χ4n) is 5.00. The van der Waals surface area contributed by atoms with Crippen molar-refractivity contribution in [1.82, 2.24) is 4.90 Å². The largest absolute Gasteiger partial charge is 0.377 e. The molecule has 0 bridgehead atoms. The van der Waals surface area contributed by atoms with Crippen LogP contribution in [0.1, 0.15) is 42.2 Å². The van der Waals surface area contributed by atoms with Crippen LogP contribution in [0.15, 0.2) is 66.7 Å². The molecule has 242 valence electrons. The van der Waals surface area contributed by atoms with Crippen molar-refractivity contribution < 1.29 is 38.1 Å². The molecule has 3 aromatic rings. The van der Waals surface area contributed by atoms with Gasteiger partial charge in [-0.05, 0) is 54.7 Å². The molecule has 1 amide bonds. The number of ketones is 2. The number of ether oxygens (including phenoxy) is 5. The van der Waals surface area contributed by atoms with Gasteiger partial charge in [0.15, 0.2) is 16.7 Å². The van der Waals surface area contributed by atoms with E-state index in [9.17, 15) is 14.4 Å². The molecule has 0 saturated carbocycles. The van der Waals surface area contributed by atoms with Gasteiger partial charge in [-0.3, -0.25) is 14.4 Å². The predicted molar refractivity (Wildman–Crippen MR) is 176 cm³/mol. The number of hydrogen-bond donors (Lipinski definition) is 2.